The number of nitrogens with two attached hydrogens (primary N) is 1. The lowest BCUT2D eigenvalue weighted by Gasteiger charge is -2.10. The Balaban J connectivity index is 2.26. The first kappa shape index (κ1) is 17.9. The summed E-state index contributed by atoms with van der Waals surface area (Å²) in [5, 5.41) is 19.5. The van der Waals surface area contributed by atoms with Gasteiger partial charge in [0, 0.05) is 0 Å². The number of hydrogen-bond acceptors (Lipinski definition) is 4. The van der Waals surface area contributed by atoms with Gasteiger partial charge in [-0.25, -0.2) is 4.39 Å². The molecule has 0 unspecified atom stereocenters. The van der Waals surface area contributed by atoms with E-state index in [9.17, 15) is 17.6 Å². The van der Waals surface area contributed by atoms with Crippen molar-refractivity contribution in [2.75, 3.05) is 5.43 Å². The Morgan fingerprint density at radius 3 is 2.24 bits per heavy atom. The molecule has 0 radical (unpaired) electrons. The molecule has 0 aliphatic heterocycles. The fourth-order valence-electron chi connectivity index (χ4n) is 1.93. The highest BCUT2D eigenvalue weighted by molar-refractivity contribution is 6.45. The van der Waals surface area contributed by atoms with Crippen LogP contribution in [0.5, 0.6) is 0 Å². The number of nitriles is 1. The van der Waals surface area contributed by atoms with Crippen molar-refractivity contribution in [3.63, 3.8) is 0 Å². The number of nitrogens with zero attached hydrogens (tertiary/aromatic N) is 2. The van der Waals surface area contributed by atoms with Gasteiger partial charge in [-0.05, 0) is 35.4 Å². The predicted molar refractivity (Wildman–Crippen MR) is 85.4 cm³/mol. The first-order valence-electron chi connectivity index (χ1n) is 6.77. The largest absolute Gasteiger partial charge is 0.419 e. The molecule has 0 aliphatic rings. The molecular weight excluding hydrogens is 338 g/mol. The Morgan fingerprint density at radius 2 is 1.72 bits per heavy atom. The van der Waals surface area contributed by atoms with Crippen molar-refractivity contribution in [3.8, 4) is 17.2 Å². The highest BCUT2D eigenvalue weighted by Crippen LogP contribution is 2.34. The van der Waals surface area contributed by atoms with E-state index in [2.05, 4.69) is 10.5 Å². The maximum Gasteiger partial charge on any atom is 0.419 e. The molecular formula is C16H11F4N5. The smallest absolute Gasteiger partial charge is 0.382 e. The van der Waals surface area contributed by atoms with Gasteiger partial charge in [-0.2, -0.15) is 23.5 Å². The minimum atomic E-state index is -4.78. The molecule has 2 aromatic carbocycles. The third-order valence-corrected chi connectivity index (χ3v) is 3.15. The van der Waals surface area contributed by atoms with E-state index in [0.29, 0.717) is 11.3 Å². The maximum atomic E-state index is 13.3. The van der Waals surface area contributed by atoms with Crippen molar-refractivity contribution in [2.24, 2.45) is 10.8 Å². The van der Waals surface area contributed by atoms with Crippen LogP contribution >= 0.6 is 0 Å². The Kier molecular flexibility index (Phi) is 5.02. The van der Waals surface area contributed by atoms with Crippen molar-refractivity contribution in [2.45, 2.75) is 6.18 Å². The van der Waals surface area contributed by atoms with E-state index in [4.69, 9.17) is 16.4 Å². The summed E-state index contributed by atoms with van der Waals surface area (Å²) >= 11 is 0. The molecule has 25 heavy (non-hydrogen) atoms. The molecule has 0 atom stereocenters. The van der Waals surface area contributed by atoms with E-state index in [1.54, 1.807) is 6.07 Å². The molecule has 0 aliphatic carbocycles. The van der Waals surface area contributed by atoms with Gasteiger partial charge in [-0.15, -0.1) is 0 Å². The molecule has 0 fully saturated rings. The van der Waals surface area contributed by atoms with Gasteiger partial charge in [0.15, 0.2) is 5.84 Å². The molecule has 5 nitrogen and oxygen atoms in total. The van der Waals surface area contributed by atoms with Crippen molar-refractivity contribution >= 4 is 17.2 Å². The van der Waals surface area contributed by atoms with Gasteiger partial charge in [0.05, 0.1) is 11.3 Å². The lowest BCUT2D eigenvalue weighted by atomic mass is 10.0. The molecule has 4 N–H and O–H groups in total. The average molecular weight is 349 g/mol. The van der Waals surface area contributed by atoms with Crippen molar-refractivity contribution in [1.29, 1.82) is 10.7 Å². The third-order valence-electron chi connectivity index (χ3n) is 3.15. The van der Waals surface area contributed by atoms with Gasteiger partial charge in [0.2, 0.25) is 5.71 Å². The van der Waals surface area contributed by atoms with Crippen LogP contribution in [0.4, 0.5) is 23.2 Å². The van der Waals surface area contributed by atoms with E-state index in [1.165, 1.54) is 30.3 Å². The highest BCUT2D eigenvalue weighted by Gasteiger charge is 2.34. The summed E-state index contributed by atoms with van der Waals surface area (Å²) in [4.78, 5) is 0. The van der Waals surface area contributed by atoms with Crippen LogP contribution in [0.15, 0.2) is 47.6 Å². The molecule has 0 amide bonds. The summed E-state index contributed by atoms with van der Waals surface area (Å²) in [6.07, 6.45) is -4.78. The zero-order valence-corrected chi connectivity index (χ0v) is 12.5. The van der Waals surface area contributed by atoms with E-state index in [-0.39, 0.29) is 11.3 Å². The number of nitrogens with one attached hydrogen (secondary N) is 2. The third kappa shape index (κ3) is 4.32. The predicted octanol–water partition coefficient (Wildman–Crippen LogP) is 3.74. The summed E-state index contributed by atoms with van der Waals surface area (Å²) in [6, 6.07) is 10.4. The molecule has 128 valence electrons. The Labute approximate surface area is 139 Å². The SMILES string of the molecule is N#C/C(=N\Nc1ccc(-c2ccc(F)c(C(F)(F)F)c2)cc1)C(=N)N. The normalized spacial score (nSPS) is 11.7. The number of amidine groups is 1. The zero-order valence-electron chi connectivity index (χ0n) is 12.5. The van der Waals surface area contributed by atoms with Crippen LogP contribution < -0.4 is 11.2 Å². The number of halogens is 4. The van der Waals surface area contributed by atoms with Gasteiger partial charge in [0.25, 0.3) is 0 Å². The summed E-state index contributed by atoms with van der Waals surface area (Å²) in [7, 11) is 0. The van der Waals surface area contributed by atoms with Gasteiger partial charge in [-0.3, -0.25) is 10.8 Å². The lowest BCUT2D eigenvalue weighted by Crippen LogP contribution is -2.21. The first-order valence-corrected chi connectivity index (χ1v) is 6.77. The summed E-state index contributed by atoms with van der Waals surface area (Å²) < 4.78 is 51.6. The van der Waals surface area contributed by atoms with Crippen LogP contribution in [0.25, 0.3) is 11.1 Å². The van der Waals surface area contributed by atoms with Crippen LogP contribution in [-0.4, -0.2) is 11.5 Å². The number of anilines is 1. The van der Waals surface area contributed by atoms with Crippen LogP contribution in [0.3, 0.4) is 0 Å². The molecule has 2 rings (SSSR count). The van der Waals surface area contributed by atoms with Gasteiger partial charge in [0.1, 0.15) is 11.9 Å². The van der Waals surface area contributed by atoms with Gasteiger partial charge < -0.3 is 5.73 Å². The number of benzene rings is 2. The summed E-state index contributed by atoms with van der Waals surface area (Å²) in [5.41, 5.74) is 7.06. The molecule has 0 bridgehead atoms. The van der Waals surface area contributed by atoms with Crippen LogP contribution in [-0.2, 0) is 6.18 Å². The monoisotopic (exact) mass is 349 g/mol. The molecule has 2 aromatic rings. The summed E-state index contributed by atoms with van der Waals surface area (Å²) in [6.45, 7) is 0. The standard InChI is InChI=1S/C16H11F4N5/c17-13-6-3-10(7-12(13)16(18,19)20)9-1-4-11(5-2-9)24-25-14(8-21)15(22)23/h1-7,24H,(H3,22,23)/b25-14+. The fraction of sp³-hybridized carbons (Fsp3) is 0.0625. The van der Waals surface area contributed by atoms with Gasteiger partial charge >= 0.3 is 6.18 Å². The average Bonchev–Trinajstić information content (AvgIpc) is 2.55. The highest BCUT2D eigenvalue weighted by atomic mass is 19.4. The number of alkyl halides is 3. The van der Waals surface area contributed by atoms with E-state index in [0.717, 1.165) is 12.1 Å². The second-order valence-corrected chi connectivity index (χ2v) is 4.87. The summed E-state index contributed by atoms with van der Waals surface area (Å²) in [5.74, 6) is -1.84. The van der Waals surface area contributed by atoms with Crippen LogP contribution in [0.2, 0.25) is 0 Å². The Hall–Kier alpha value is -3.41. The van der Waals surface area contributed by atoms with Crippen molar-refractivity contribution in [3.05, 3.63) is 53.8 Å². The van der Waals surface area contributed by atoms with E-state index in [1.807, 2.05) is 0 Å². The quantitative estimate of drug-likeness (QED) is 0.339. The Morgan fingerprint density at radius 1 is 1.12 bits per heavy atom. The zero-order chi connectivity index (χ0) is 18.6. The van der Waals surface area contributed by atoms with Crippen molar-refractivity contribution in [1.82, 2.24) is 0 Å². The topological polar surface area (TPSA) is 98.0 Å². The van der Waals surface area contributed by atoms with Crippen LogP contribution in [0, 0.1) is 22.6 Å². The minimum absolute atomic E-state index is 0.199. The molecule has 0 saturated carbocycles. The van der Waals surface area contributed by atoms with Crippen molar-refractivity contribution < 1.29 is 17.6 Å². The number of hydrogen-bond donors (Lipinski definition) is 3. The van der Waals surface area contributed by atoms with E-state index < -0.39 is 23.4 Å². The molecule has 9 heteroatoms. The fourth-order valence-corrected chi connectivity index (χ4v) is 1.93. The second-order valence-electron chi connectivity index (χ2n) is 4.87. The second kappa shape index (κ2) is 7.00. The lowest BCUT2D eigenvalue weighted by molar-refractivity contribution is -0.139. The number of hydrazone groups is 1. The molecule has 0 spiro atoms. The molecule has 0 heterocycles. The first-order chi connectivity index (χ1) is 11.7. The minimum Gasteiger partial charge on any atom is -0.382 e. The van der Waals surface area contributed by atoms with E-state index >= 15 is 0 Å². The molecule has 0 aromatic heterocycles. The van der Waals surface area contributed by atoms with Crippen LogP contribution in [0.1, 0.15) is 5.56 Å². The maximum absolute atomic E-state index is 13.3. The Bertz CT molecular complexity index is 864. The van der Waals surface area contributed by atoms with Gasteiger partial charge in [-0.1, -0.05) is 18.2 Å². The number of rotatable bonds is 4. The molecule has 0 saturated heterocycles.